The molecule has 1 heterocycles. The van der Waals surface area contributed by atoms with Crippen LogP contribution in [-0.2, 0) is 4.74 Å². The van der Waals surface area contributed by atoms with E-state index in [1.165, 1.54) is 0 Å². The summed E-state index contributed by atoms with van der Waals surface area (Å²) in [4.78, 5) is 18.0. The minimum Gasteiger partial charge on any atom is -0.444 e. The number of nitrogens with one attached hydrogen (secondary N) is 2. The number of hydrogen-bond acceptors (Lipinski definition) is 3. The number of guanidine groups is 1. The fourth-order valence-electron chi connectivity index (χ4n) is 2.36. The van der Waals surface area contributed by atoms with Gasteiger partial charge in [0.2, 0.25) is 0 Å². The summed E-state index contributed by atoms with van der Waals surface area (Å²) < 4.78 is 5.41. The van der Waals surface area contributed by atoms with Crippen molar-refractivity contribution in [3.63, 3.8) is 0 Å². The number of rotatable bonds is 3. The molecule has 2 N–H and O–H groups in total. The Hall–Kier alpha value is -1.46. The first-order valence-corrected chi connectivity index (χ1v) is 8.16. The van der Waals surface area contributed by atoms with E-state index >= 15 is 0 Å². The quantitative estimate of drug-likeness (QED) is 0.619. The predicted molar refractivity (Wildman–Crippen MR) is 90.2 cm³/mol. The molecule has 1 fully saturated rings. The summed E-state index contributed by atoms with van der Waals surface area (Å²) in [5.41, 5.74) is -0.426. The number of carbonyl (C=O) groups excluding carboxylic acids is 1. The molecule has 0 aromatic heterocycles. The molecule has 1 aliphatic heterocycles. The molecular weight excluding hydrogens is 280 g/mol. The molecule has 0 unspecified atom stereocenters. The number of piperidine rings is 1. The molecule has 0 radical (unpaired) electrons. The summed E-state index contributed by atoms with van der Waals surface area (Å²) in [5, 5.41) is 6.63. The van der Waals surface area contributed by atoms with Crippen LogP contribution in [0.3, 0.4) is 0 Å². The van der Waals surface area contributed by atoms with Gasteiger partial charge in [-0.1, -0.05) is 0 Å². The molecule has 128 valence electrons. The van der Waals surface area contributed by atoms with Crippen molar-refractivity contribution in [1.82, 2.24) is 15.5 Å². The number of ether oxygens (including phenoxy) is 1. The third-order valence-electron chi connectivity index (χ3n) is 3.47. The van der Waals surface area contributed by atoms with Crippen LogP contribution < -0.4 is 10.6 Å². The Morgan fingerprint density at radius 1 is 1.32 bits per heavy atom. The number of hydrogen-bond donors (Lipinski definition) is 2. The third-order valence-corrected chi connectivity index (χ3v) is 3.47. The van der Waals surface area contributed by atoms with E-state index in [1.807, 2.05) is 25.7 Å². The summed E-state index contributed by atoms with van der Waals surface area (Å²) in [5.74, 6) is 1.40. The van der Waals surface area contributed by atoms with Crippen LogP contribution in [0.1, 0.15) is 47.5 Å². The lowest BCUT2D eigenvalue weighted by Crippen LogP contribution is -2.46. The highest BCUT2D eigenvalue weighted by Gasteiger charge is 2.26. The maximum absolute atomic E-state index is 12.0. The highest BCUT2D eigenvalue weighted by Crippen LogP contribution is 2.19. The minimum atomic E-state index is -0.426. The summed E-state index contributed by atoms with van der Waals surface area (Å²) in [6.07, 6.45) is 1.78. The zero-order chi connectivity index (χ0) is 16.8. The standard InChI is InChI=1S/C16H32N4O2/c1-12(2)19-14(17-6)18-11-13-7-9-20(10-8-13)15(21)22-16(3,4)5/h12-13H,7-11H2,1-6H3,(H2,17,18,19). The first kappa shape index (κ1) is 18.6. The zero-order valence-corrected chi connectivity index (χ0v) is 14.9. The second kappa shape index (κ2) is 8.25. The van der Waals surface area contributed by atoms with Gasteiger partial charge in [-0.3, -0.25) is 4.99 Å². The molecule has 0 aromatic rings. The molecule has 0 spiro atoms. The fraction of sp³-hybridized carbons (Fsp3) is 0.875. The lowest BCUT2D eigenvalue weighted by molar-refractivity contribution is 0.0185. The van der Waals surface area contributed by atoms with Crippen molar-refractivity contribution in [3.8, 4) is 0 Å². The molecule has 1 rings (SSSR count). The van der Waals surface area contributed by atoms with Crippen molar-refractivity contribution in [3.05, 3.63) is 0 Å². The number of carbonyl (C=O) groups is 1. The van der Waals surface area contributed by atoms with Crippen LogP contribution in [0.15, 0.2) is 4.99 Å². The van der Waals surface area contributed by atoms with Crippen molar-refractivity contribution in [1.29, 1.82) is 0 Å². The van der Waals surface area contributed by atoms with Gasteiger partial charge in [0, 0.05) is 32.7 Å². The summed E-state index contributed by atoms with van der Waals surface area (Å²) in [6, 6.07) is 0.361. The van der Waals surface area contributed by atoms with Crippen molar-refractivity contribution in [2.45, 2.75) is 59.1 Å². The Morgan fingerprint density at radius 2 is 1.91 bits per heavy atom. The molecule has 0 aromatic carbocycles. The molecule has 6 heteroatoms. The van der Waals surface area contributed by atoms with Crippen LogP contribution in [-0.4, -0.2) is 55.3 Å². The van der Waals surface area contributed by atoms with Gasteiger partial charge in [-0.15, -0.1) is 0 Å². The van der Waals surface area contributed by atoms with E-state index in [-0.39, 0.29) is 6.09 Å². The second-order valence-electron chi connectivity index (χ2n) is 7.16. The van der Waals surface area contributed by atoms with E-state index in [0.717, 1.165) is 38.4 Å². The van der Waals surface area contributed by atoms with Crippen LogP contribution in [0.4, 0.5) is 4.79 Å². The van der Waals surface area contributed by atoms with Gasteiger partial charge in [0.1, 0.15) is 5.60 Å². The van der Waals surface area contributed by atoms with Crippen LogP contribution in [0.25, 0.3) is 0 Å². The van der Waals surface area contributed by atoms with Gasteiger partial charge in [0.05, 0.1) is 0 Å². The summed E-state index contributed by atoms with van der Waals surface area (Å²) >= 11 is 0. The van der Waals surface area contributed by atoms with Crippen molar-refractivity contribution >= 4 is 12.1 Å². The van der Waals surface area contributed by atoms with Gasteiger partial charge >= 0.3 is 6.09 Å². The van der Waals surface area contributed by atoms with Crippen molar-refractivity contribution in [2.24, 2.45) is 10.9 Å². The summed E-state index contributed by atoms with van der Waals surface area (Å²) in [7, 11) is 1.78. The van der Waals surface area contributed by atoms with Gasteiger partial charge in [0.25, 0.3) is 0 Å². The first-order chi connectivity index (χ1) is 10.2. The van der Waals surface area contributed by atoms with Gasteiger partial charge in [0.15, 0.2) is 5.96 Å². The highest BCUT2D eigenvalue weighted by molar-refractivity contribution is 5.79. The van der Waals surface area contributed by atoms with E-state index in [2.05, 4.69) is 29.5 Å². The predicted octanol–water partition coefficient (Wildman–Crippen LogP) is 2.21. The molecule has 6 nitrogen and oxygen atoms in total. The Labute approximate surface area is 134 Å². The Kier molecular flexibility index (Phi) is 6.97. The molecular formula is C16H32N4O2. The van der Waals surface area contributed by atoms with Crippen LogP contribution in [0, 0.1) is 5.92 Å². The molecule has 0 bridgehead atoms. The van der Waals surface area contributed by atoms with E-state index in [4.69, 9.17) is 4.74 Å². The van der Waals surface area contributed by atoms with Gasteiger partial charge in [-0.2, -0.15) is 0 Å². The largest absolute Gasteiger partial charge is 0.444 e. The average Bonchev–Trinajstić information content (AvgIpc) is 2.41. The van der Waals surface area contributed by atoms with Crippen LogP contribution in [0.5, 0.6) is 0 Å². The second-order valence-corrected chi connectivity index (χ2v) is 7.16. The smallest absolute Gasteiger partial charge is 0.410 e. The average molecular weight is 312 g/mol. The molecule has 1 saturated heterocycles. The number of nitrogens with zero attached hydrogens (tertiary/aromatic N) is 2. The number of amides is 1. The monoisotopic (exact) mass is 312 g/mol. The minimum absolute atomic E-state index is 0.198. The van der Waals surface area contributed by atoms with E-state index in [9.17, 15) is 4.79 Å². The Balaban J connectivity index is 2.32. The molecule has 22 heavy (non-hydrogen) atoms. The Bertz CT molecular complexity index is 380. The Morgan fingerprint density at radius 3 is 2.36 bits per heavy atom. The van der Waals surface area contributed by atoms with Gasteiger partial charge in [-0.05, 0) is 53.4 Å². The maximum atomic E-state index is 12.0. The molecule has 0 aliphatic carbocycles. The molecule has 1 amide bonds. The fourth-order valence-corrected chi connectivity index (χ4v) is 2.36. The van der Waals surface area contributed by atoms with Crippen LogP contribution >= 0.6 is 0 Å². The topological polar surface area (TPSA) is 66.0 Å². The normalized spacial score (nSPS) is 17.6. The highest BCUT2D eigenvalue weighted by atomic mass is 16.6. The lowest BCUT2D eigenvalue weighted by atomic mass is 9.97. The van der Waals surface area contributed by atoms with E-state index in [0.29, 0.717) is 12.0 Å². The van der Waals surface area contributed by atoms with Crippen molar-refractivity contribution < 1.29 is 9.53 Å². The van der Waals surface area contributed by atoms with Gasteiger partial charge in [-0.25, -0.2) is 4.79 Å². The lowest BCUT2D eigenvalue weighted by Gasteiger charge is -2.33. The van der Waals surface area contributed by atoms with Crippen LogP contribution in [0.2, 0.25) is 0 Å². The molecule has 0 saturated carbocycles. The number of aliphatic imine (C=N–C) groups is 1. The van der Waals surface area contributed by atoms with Crippen molar-refractivity contribution in [2.75, 3.05) is 26.7 Å². The molecule has 0 atom stereocenters. The molecule has 1 aliphatic rings. The first-order valence-electron chi connectivity index (χ1n) is 8.16. The van der Waals surface area contributed by atoms with Gasteiger partial charge < -0.3 is 20.3 Å². The SMILES string of the molecule is CN=C(NCC1CCN(C(=O)OC(C)(C)C)CC1)NC(C)C. The van der Waals surface area contributed by atoms with E-state index in [1.54, 1.807) is 7.05 Å². The zero-order valence-electron chi connectivity index (χ0n) is 14.9. The maximum Gasteiger partial charge on any atom is 0.410 e. The third kappa shape index (κ3) is 7.00. The van der Waals surface area contributed by atoms with E-state index < -0.39 is 5.60 Å². The number of likely N-dealkylation sites (tertiary alicyclic amines) is 1. The summed E-state index contributed by atoms with van der Waals surface area (Å²) in [6.45, 7) is 12.3.